The third-order valence-corrected chi connectivity index (χ3v) is 1.66. The lowest BCUT2D eigenvalue weighted by Crippen LogP contribution is -2.34. The summed E-state index contributed by atoms with van der Waals surface area (Å²) >= 11 is 0. The number of carbonyl (C=O) groups is 1. The molecule has 0 amide bonds. The number of para-hydroxylation sites is 2. The van der Waals surface area contributed by atoms with Crippen molar-refractivity contribution in [2.75, 3.05) is 10.9 Å². The van der Waals surface area contributed by atoms with E-state index >= 15 is 0 Å². The third kappa shape index (κ3) is 2.37. The minimum absolute atomic E-state index is 0.264. The number of nitrogen functional groups attached to an aromatic ring is 1. The fourth-order valence-corrected chi connectivity index (χ4v) is 0.912. The average Bonchev–Trinajstić information content (AvgIpc) is 2.18. The summed E-state index contributed by atoms with van der Waals surface area (Å²) in [5.41, 5.74) is 6.55. The SMILES string of the molecule is CCC(=O)ON(N)c1ccccc1N. The van der Waals surface area contributed by atoms with Gasteiger partial charge in [-0.15, -0.1) is 5.17 Å². The predicted octanol–water partition coefficient (Wildman–Crippen LogP) is 0.817. The smallest absolute Gasteiger partial charge is 0.334 e. The summed E-state index contributed by atoms with van der Waals surface area (Å²) in [5.74, 6) is 5.08. The standard InChI is InChI=1S/C9H13N3O2/c1-2-9(13)14-12(11)8-6-4-3-5-7(8)10/h3-6H,2,10-11H2,1H3. The van der Waals surface area contributed by atoms with Gasteiger partial charge in [0.2, 0.25) is 0 Å². The second kappa shape index (κ2) is 4.48. The third-order valence-electron chi connectivity index (χ3n) is 1.66. The largest absolute Gasteiger partial charge is 0.397 e. The molecule has 0 aliphatic heterocycles. The first-order valence-corrected chi connectivity index (χ1v) is 4.25. The van der Waals surface area contributed by atoms with Crippen molar-refractivity contribution in [3.63, 3.8) is 0 Å². The first kappa shape index (κ1) is 10.3. The van der Waals surface area contributed by atoms with Crippen LogP contribution in [0.5, 0.6) is 0 Å². The van der Waals surface area contributed by atoms with Crippen molar-refractivity contribution in [2.45, 2.75) is 13.3 Å². The Morgan fingerprint density at radius 1 is 1.50 bits per heavy atom. The van der Waals surface area contributed by atoms with Crippen LogP contribution in [-0.2, 0) is 9.63 Å². The molecule has 0 bridgehead atoms. The van der Waals surface area contributed by atoms with Gasteiger partial charge in [-0.1, -0.05) is 19.1 Å². The maximum absolute atomic E-state index is 10.9. The fourth-order valence-electron chi connectivity index (χ4n) is 0.912. The molecule has 0 heterocycles. The van der Waals surface area contributed by atoms with Crippen molar-refractivity contribution in [1.29, 1.82) is 0 Å². The summed E-state index contributed by atoms with van der Waals surface area (Å²) in [5, 5.41) is 0.876. The second-order valence-corrected chi connectivity index (χ2v) is 2.70. The molecule has 1 rings (SSSR count). The van der Waals surface area contributed by atoms with Crippen LogP contribution in [-0.4, -0.2) is 5.97 Å². The van der Waals surface area contributed by atoms with Gasteiger partial charge >= 0.3 is 5.97 Å². The summed E-state index contributed by atoms with van der Waals surface area (Å²) in [6.07, 6.45) is 0.264. The lowest BCUT2D eigenvalue weighted by molar-refractivity contribution is -0.144. The number of nitrogens with two attached hydrogens (primary N) is 2. The number of benzene rings is 1. The molecule has 0 aromatic heterocycles. The van der Waals surface area contributed by atoms with Crippen LogP contribution >= 0.6 is 0 Å². The van der Waals surface area contributed by atoms with Crippen LogP contribution in [0.4, 0.5) is 11.4 Å². The number of rotatable bonds is 3. The molecular weight excluding hydrogens is 182 g/mol. The Morgan fingerprint density at radius 3 is 2.71 bits per heavy atom. The number of anilines is 2. The van der Waals surface area contributed by atoms with E-state index in [9.17, 15) is 4.79 Å². The van der Waals surface area contributed by atoms with Gasteiger partial charge < -0.3 is 10.6 Å². The lowest BCUT2D eigenvalue weighted by atomic mass is 10.3. The zero-order valence-electron chi connectivity index (χ0n) is 7.93. The molecule has 0 unspecified atom stereocenters. The highest BCUT2D eigenvalue weighted by Gasteiger charge is 2.09. The number of hydrogen-bond acceptors (Lipinski definition) is 5. The zero-order chi connectivity index (χ0) is 10.6. The van der Waals surface area contributed by atoms with Crippen LogP contribution in [0, 0.1) is 0 Å². The molecule has 0 aliphatic rings. The summed E-state index contributed by atoms with van der Waals surface area (Å²) in [4.78, 5) is 15.7. The number of hydrogen-bond donors (Lipinski definition) is 2. The predicted molar refractivity (Wildman–Crippen MR) is 53.9 cm³/mol. The van der Waals surface area contributed by atoms with Gasteiger partial charge in [0.25, 0.3) is 0 Å². The summed E-state index contributed by atoms with van der Waals surface area (Å²) < 4.78 is 0. The molecule has 0 saturated heterocycles. The Morgan fingerprint density at radius 2 is 2.14 bits per heavy atom. The van der Waals surface area contributed by atoms with Crippen LogP contribution in [0.25, 0.3) is 0 Å². The fraction of sp³-hybridized carbons (Fsp3) is 0.222. The van der Waals surface area contributed by atoms with Crippen LogP contribution in [0.3, 0.4) is 0 Å². The van der Waals surface area contributed by atoms with Crippen molar-refractivity contribution >= 4 is 17.3 Å². The van der Waals surface area contributed by atoms with Gasteiger partial charge in [0.15, 0.2) is 0 Å². The highest BCUT2D eigenvalue weighted by Crippen LogP contribution is 2.19. The second-order valence-electron chi connectivity index (χ2n) is 2.70. The monoisotopic (exact) mass is 195 g/mol. The Balaban J connectivity index is 2.74. The number of nitrogens with zero attached hydrogens (tertiary/aromatic N) is 1. The highest BCUT2D eigenvalue weighted by molar-refractivity contribution is 5.72. The van der Waals surface area contributed by atoms with Gasteiger partial charge in [-0.05, 0) is 12.1 Å². The van der Waals surface area contributed by atoms with Crippen molar-refractivity contribution in [1.82, 2.24) is 0 Å². The van der Waals surface area contributed by atoms with Crippen LogP contribution in [0.15, 0.2) is 24.3 Å². The van der Waals surface area contributed by atoms with Gasteiger partial charge in [-0.25, -0.2) is 10.6 Å². The first-order valence-electron chi connectivity index (χ1n) is 4.25. The molecule has 0 spiro atoms. The van der Waals surface area contributed by atoms with Gasteiger partial charge in [0.05, 0.1) is 5.69 Å². The minimum Gasteiger partial charge on any atom is -0.397 e. The van der Waals surface area contributed by atoms with E-state index in [2.05, 4.69) is 0 Å². The lowest BCUT2D eigenvalue weighted by Gasteiger charge is -2.18. The topological polar surface area (TPSA) is 81.6 Å². The Hall–Kier alpha value is -1.75. The maximum atomic E-state index is 10.9. The van der Waals surface area contributed by atoms with Crippen LogP contribution in [0.2, 0.25) is 0 Å². The van der Waals surface area contributed by atoms with Gasteiger partial charge in [0, 0.05) is 6.42 Å². The van der Waals surface area contributed by atoms with E-state index in [4.69, 9.17) is 16.4 Å². The van der Waals surface area contributed by atoms with Gasteiger partial charge in [-0.3, -0.25) is 0 Å². The minimum atomic E-state index is -0.407. The molecule has 0 saturated carbocycles. The molecule has 0 radical (unpaired) electrons. The molecule has 0 aliphatic carbocycles. The normalized spacial score (nSPS) is 9.57. The Labute approximate surface area is 82.2 Å². The maximum Gasteiger partial charge on any atom is 0.334 e. The molecule has 76 valence electrons. The van der Waals surface area contributed by atoms with E-state index in [-0.39, 0.29) is 6.42 Å². The molecule has 5 nitrogen and oxygen atoms in total. The van der Waals surface area contributed by atoms with E-state index in [1.165, 1.54) is 0 Å². The van der Waals surface area contributed by atoms with Gasteiger partial charge in [-0.2, -0.15) is 0 Å². The molecule has 0 fully saturated rings. The summed E-state index contributed by atoms with van der Waals surface area (Å²) in [7, 11) is 0. The molecule has 1 aromatic carbocycles. The molecule has 5 heteroatoms. The molecular formula is C9H13N3O2. The van der Waals surface area contributed by atoms with E-state index in [1.54, 1.807) is 31.2 Å². The van der Waals surface area contributed by atoms with Crippen molar-refractivity contribution in [3.8, 4) is 0 Å². The van der Waals surface area contributed by atoms with Gasteiger partial charge in [0.1, 0.15) is 5.69 Å². The zero-order valence-corrected chi connectivity index (χ0v) is 7.93. The van der Waals surface area contributed by atoms with Crippen molar-refractivity contribution < 1.29 is 9.63 Å². The Kier molecular flexibility index (Phi) is 3.30. The average molecular weight is 195 g/mol. The van der Waals surface area contributed by atoms with Crippen molar-refractivity contribution in [3.05, 3.63) is 24.3 Å². The molecule has 1 aromatic rings. The number of hydrazine groups is 1. The van der Waals surface area contributed by atoms with E-state index in [0.717, 1.165) is 5.17 Å². The van der Waals surface area contributed by atoms with E-state index in [0.29, 0.717) is 11.4 Å². The van der Waals surface area contributed by atoms with Crippen LogP contribution < -0.4 is 16.7 Å². The van der Waals surface area contributed by atoms with E-state index in [1.807, 2.05) is 0 Å². The first-order chi connectivity index (χ1) is 6.65. The highest BCUT2D eigenvalue weighted by atomic mass is 16.7. The van der Waals surface area contributed by atoms with E-state index < -0.39 is 5.97 Å². The molecule has 14 heavy (non-hydrogen) atoms. The molecule has 4 N–H and O–H groups in total. The van der Waals surface area contributed by atoms with Crippen LogP contribution in [0.1, 0.15) is 13.3 Å². The van der Waals surface area contributed by atoms with Crippen molar-refractivity contribution in [2.24, 2.45) is 5.84 Å². The number of carbonyl (C=O) groups excluding carboxylic acids is 1. The quantitative estimate of drug-likeness (QED) is 0.424. The Bertz CT molecular complexity index is 328. The summed E-state index contributed by atoms with van der Waals surface area (Å²) in [6.45, 7) is 1.69. The summed E-state index contributed by atoms with van der Waals surface area (Å²) in [6, 6.07) is 6.87. The molecule has 0 atom stereocenters.